The van der Waals surface area contributed by atoms with Crippen LogP contribution in [0.3, 0.4) is 0 Å². The number of benzene rings is 1. The Morgan fingerprint density at radius 3 is 2.74 bits per heavy atom. The maximum atomic E-state index is 13.7. The lowest BCUT2D eigenvalue weighted by molar-refractivity contribution is 0.552. The van der Waals surface area contributed by atoms with Crippen LogP contribution in [0, 0.1) is 18.6 Å². The smallest absolute Gasteiger partial charge is 0.140 e. The van der Waals surface area contributed by atoms with Gasteiger partial charge in [-0.15, -0.1) is 0 Å². The normalized spacial score (nSPS) is 10.9. The van der Waals surface area contributed by atoms with E-state index in [1.165, 1.54) is 23.9 Å². The van der Waals surface area contributed by atoms with Crippen molar-refractivity contribution >= 4 is 17.4 Å². The van der Waals surface area contributed by atoms with Gasteiger partial charge in [-0.05, 0) is 25.5 Å². The van der Waals surface area contributed by atoms with Crippen LogP contribution < -0.4 is 5.73 Å². The van der Waals surface area contributed by atoms with Crippen molar-refractivity contribution in [1.29, 1.82) is 0 Å². The van der Waals surface area contributed by atoms with Gasteiger partial charge in [0.2, 0.25) is 0 Å². The molecule has 1 heterocycles. The zero-order valence-corrected chi connectivity index (χ0v) is 11.6. The first-order valence-corrected chi connectivity index (χ1v) is 6.80. The minimum absolute atomic E-state index is 0.338. The Bertz CT molecular complexity index is 596. The number of nitrogen functional groups attached to an aromatic ring is 1. The van der Waals surface area contributed by atoms with E-state index in [2.05, 4.69) is 5.10 Å². The van der Waals surface area contributed by atoms with Crippen molar-refractivity contribution in [2.75, 3.05) is 5.73 Å². The van der Waals surface area contributed by atoms with Crippen LogP contribution >= 0.6 is 11.8 Å². The predicted octanol–water partition coefficient (Wildman–Crippen LogP) is 3.61. The summed E-state index contributed by atoms with van der Waals surface area (Å²) in [5.41, 5.74) is 7.23. The highest BCUT2D eigenvalue weighted by molar-refractivity contribution is 7.99. The Balaban J connectivity index is 2.37. The highest BCUT2D eigenvalue weighted by atomic mass is 32.2. The second-order valence-corrected chi connectivity index (χ2v) is 5.23. The fraction of sp³-hybridized carbons (Fsp3) is 0.308. The van der Waals surface area contributed by atoms with Gasteiger partial charge in [-0.1, -0.05) is 18.7 Å². The third-order valence-corrected chi connectivity index (χ3v) is 3.84. The van der Waals surface area contributed by atoms with E-state index in [0.29, 0.717) is 22.2 Å². The molecule has 19 heavy (non-hydrogen) atoms. The van der Waals surface area contributed by atoms with Gasteiger partial charge in [0.05, 0.1) is 11.4 Å². The molecule has 2 N–H and O–H groups in total. The van der Waals surface area contributed by atoms with E-state index in [0.717, 1.165) is 18.2 Å². The molecule has 0 aliphatic heterocycles. The molecule has 0 aliphatic rings. The van der Waals surface area contributed by atoms with Crippen molar-refractivity contribution in [2.45, 2.75) is 36.7 Å². The van der Waals surface area contributed by atoms with Gasteiger partial charge in [-0.25, -0.2) is 8.78 Å². The molecule has 0 unspecified atom stereocenters. The summed E-state index contributed by atoms with van der Waals surface area (Å²) in [6.07, 6.45) is 0.903. The van der Waals surface area contributed by atoms with E-state index in [1.807, 2.05) is 13.8 Å². The lowest BCUT2D eigenvalue weighted by atomic mass is 10.3. The molecule has 0 saturated heterocycles. The van der Waals surface area contributed by atoms with E-state index in [4.69, 9.17) is 5.73 Å². The summed E-state index contributed by atoms with van der Waals surface area (Å²) in [5, 5.41) is 5.02. The molecule has 1 aromatic carbocycles. The summed E-state index contributed by atoms with van der Waals surface area (Å²) >= 11 is 1.17. The molecule has 0 spiro atoms. The second-order valence-electron chi connectivity index (χ2n) is 4.20. The fourth-order valence-corrected chi connectivity index (χ4v) is 2.70. The standard InChI is InChI=1S/C13H15F2N3S/c1-3-6-18-13(12(16)8(2)17-18)19-11-5-4-9(14)7-10(11)15/h4-5,7H,3,6,16H2,1-2H3. The molecule has 0 saturated carbocycles. The molecular formula is C13H15F2N3S. The molecule has 102 valence electrons. The Morgan fingerprint density at radius 1 is 1.37 bits per heavy atom. The molecule has 0 amide bonds. The van der Waals surface area contributed by atoms with Crippen molar-refractivity contribution in [3.8, 4) is 0 Å². The topological polar surface area (TPSA) is 43.8 Å². The summed E-state index contributed by atoms with van der Waals surface area (Å²) in [5.74, 6) is -1.18. The summed E-state index contributed by atoms with van der Waals surface area (Å²) in [6, 6.07) is 3.51. The van der Waals surface area contributed by atoms with Crippen LogP contribution in [0.25, 0.3) is 0 Å². The van der Waals surface area contributed by atoms with Gasteiger partial charge in [0.1, 0.15) is 16.7 Å². The number of aryl methyl sites for hydroxylation is 2. The Hall–Kier alpha value is -1.56. The fourth-order valence-electron chi connectivity index (χ4n) is 1.71. The van der Waals surface area contributed by atoms with Gasteiger partial charge in [-0.2, -0.15) is 5.10 Å². The number of aromatic nitrogens is 2. The Morgan fingerprint density at radius 2 is 2.11 bits per heavy atom. The molecule has 0 radical (unpaired) electrons. The zero-order valence-electron chi connectivity index (χ0n) is 10.8. The molecule has 0 bridgehead atoms. The molecule has 2 rings (SSSR count). The predicted molar refractivity (Wildman–Crippen MR) is 72.1 cm³/mol. The van der Waals surface area contributed by atoms with Crippen molar-refractivity contribution in [3.63, 3.8) is 0 Å². The van der Waals surface area contributed by atoms with E-state index in [-0.39, 0.29) is 0 Å². The van der Waals surface area contributed by atoms with E-state index < -0.39 is 11.6 Å². The highest BCUT2D eigenvalue weighted by Gasteiger charge is 2.15. The van der Waals surface area contributed by atoms with Gasteiger partial charge in [0, 0.05) is 17.5 Å². The molecule has 0 fully saturated rings. The van der Waals surface area contributed by atoms with Gasteiger partial charge in [0.15, 0.2) is 0 Å². The molecule has 2 aromatic rings. The van der Waals surface area contributed by atoms with Crippen molar-refractivity contribution in [3.05, 3.63) is 35.5 Å². The quantitative estimate of drug-likeness (QED) is 0.932. The average molecular weight is 283 g/mol. The monoisotopic (exact) mass is 283 g/mol. The lowest BCUT2D eigenvalue weighted by Crippen LogP contribution is -2.01. The SMILES string of the molecule is CCCn1nc(C)c(N)c1Sc1ccc(F)cc1F. The van der Waals surface area contributed by atoms with Crippen LogP contribution in [-0.4, -0.2) is 9.78 Å². The molecule has 0 aliphatic carbocycles. The number of halogens is 2. The largest absolute Gasteiger partial charge is 0.395 e. The van der Waals surface area contributed by atoms with E-state index in [1.54, 1.807) is 4.68 Å². The second kappa shape index (κ2) is 5.61. The van der Waals surface area contributed by atoms with Crippen LogP contribution in [0.5, 0.6) is 0 Å². The van der Waals surface area contributed by atoms with Crippen molar-refractivity contribution in [2.24, 2.45) is 0 Å². The van der Waals surface area contributed by atoms with Gasteiger partial charge >= 0.3 is 0 Å². The van der Waals surface area contributed by atoms with E-state index in [9.17, 15) is 8.78 Å². The third kappa shape index (κ3) is 2.89. The molecule has 6 heteroatoms. The molecular weight excluding hydrogens is 268 g/mol. The first-order valence-electron chi connectivity index (χ1n) is 5.98. The van der Waals surface area contributed by atoms with Crippen LogP contribution in [0.15, 0.2) is 28.1 Å². The Labute approximate surface area is 114 Å². The van der Waals surface area contributed by atoms with Crippen molar-refractivity contribution in [1.82, 2.24) is 9.78 Å². The van der Waals surface area contributed by atoms with Gasteiger partial charge in [-0.3, -0.25) is 4.68 Å². The average Bonchev–Trinajstić information content (AvgIpc) is 2.61. The van der Waals surface area contributed by atoms with Crippen LogP contribution in [0.1, 0.15) is 19.0 Å². The molecule has 0 atom stereocenters. The van der Waals surface area contributed by atoms with Gasteiger partial charge in [0.25, 0.3) is 0 Å². The zero-order chi connectivity index (χ0) is 14.0. The Kier molecular flexibility index (Phi) is 4.09. The van der Waals surface area contributed by atoms with Gasteiger partial charge < -0.3 is 5.73 Å². The number of nitrogens with two attached hydrogens (primary N) is 1. The van der Waals surface area contributed by atoms with Crippen LogP contribution in [0.2, 0.25) is 0 Å². The van der Waals surface area contributed by atoms with Crippen LogP contribution in [0.4, 0.5) is 14.5 Å². The summed E-state index contributed by atoms with van der Waals surface area (Å²) in [6.45, 7) is 4.55. The summed E-state index contributed by atoms with van der Waals surface area (Å²) < 4.78 is 28.3. The lowest BCUT2D eigenvalue weighted by Gasteiger charge is -2.07. The third-order valence-electron chi connectivity index (χ3n) is 2.66. The maximum absolute atomic E-state index is 13.7. The summed E-state index contributed by atoms with van der Waals surface area (Å²) in [4.78, 5) is 0.338. The molecule has 1 aromatic heterocycles. The minimum atomic E-state index is -0.591. The van der Waals surface area contributed by atoms with Crippen LogP contribution in [-0.2, 0) is 6.54 Å². The maximum Gasteiger partial charge on any atom is 0.140 e. The minimum Gasteiger partial charge on any atom is -0.395 e. The number of anilines is 1. The first kappa shape index (κ1) is 13.9. The number of rotatable bonds is 4. The highest BCUT2D eigenvalue weighted by Crippen LogP contribution is 2.35. The first-order chi connectivity index (χ1) is 9.02. The summed E-state index contributed by atoms with van der Waals surface area (Å²) in [7, 11) is 0. The van der Waals surface area contributed by atoms with Crippen molar-refractivity contribution < 1.29 is 8.78 Å². The number of hydrogen-bond acceptors (Lipinski definition) is 3. The number of hydrogen-bond donors (Lipinski definition) is 1. The number of nitrogens with zero attached hydrogens (tertiary/aromatic N) is 2. The van der Waals surface area contributed by atoms with E-state index >= 15 is 0 Å². The molecule has 3 nitrogen and oxygen atoms in total.